The SMILES string of the molecule is C.NCc1cccc(N(CC(=O)O)[SH](=O)=O)c1. The van der Waals surface area contributed by atoms with Gasteiger partial charge in [0.15, 0.2) is 0 Å². The summed E-state index contributed by atoms with van der Waals surface area (Å²) in [6, 6.07) is 6.44. The average Bonchev–Trinajstić information content (AvgIpc) is 2.25. The normalized spacial score (nSPS) is 9.76. The van der Waals surface area contributed by atoms with Gasteiger partial charge in [0.25, 0.3) is 0 Å². The van der Waals surface area contributed by atoms with Crippen molar-refractivity contribution in [1.82, 2.24) is 0 Å². The van der Waals surface area contributed by atoms with E-state index in [-0.39, 0.29) is 14.0 Å². The van der Waals surface area contributed by atoms with Gasteiger partial charge in [-0.25, -0.2) is 8.42 Å². The predicted molar refractivity (Wildman–Crippen MR) is 66.4 cm³/mol. The van der Waals surface area contributed by atoms with E-state index in [0.717, 1.165) is 9.87 Å². The van der Waals surface area contributed by atoms with Crippen molar-refractivity contribution >= 4 is 22.5 Å². The maximum atomic E-state index is 10.9. The zero-order chi connectivity index (χ0) is 12.1. The molecule has 1 aromatic rings. The van der Waals surface area contributed by atoms with Crippen molar-refractivity contribution in [1.29, 1.82) is 0 Å². The third kappa shape index (κ3) is 4.41. The Morgan fingerprint density at radius 2 is 2.06 bits per heavy atom. The Morgan fingerprint density at radius 1 is 1.41 bits per heavy atom. The number of hydrogen-bond donors (Lipinski definition) is 3. The van der Waals surface area contributed by atoms with E-state index in [1.165, 1.54) is 6.07 Å². The fourth-order valence-electron chi connectivity index (χ4n) is 1.22. The highest BCUT2D eigenvalue weighted by Gasteiger charge is 2.12. The summed E-state index contributed by atoms with van der Waals surface area (Å²) in [5.74, 6) is -1.21. The molecule has 0 saturated heterocycles. The summed E-state index contributed by atoms with van der Waals surface area (Å²) in [6.07, 6.45) is 0. The van der Waals surface area contributed by atoms with E-state index in [1.54, 1.807) is 18.2 Å². The first kappa shape index (κ1) is 15.4. The Bertz CT molecular complexity index is 451. The second kappa shape index (κ2) is 6.87. The van der Waals surface area contributed by atoms with Crippen LogP contribution < -0.4 is 10.0 Å². The lowest BCUT2D eigenvalue weighted by Gasteiger charge is -2.15. The smallest absolute Gasteiger partial charge is 0.324 e. The van der Waals surface area contributed by atoms with Crippen molar-refractivity contribution in [3.63, 3.8) is 0 Å². The molecule has 6 nitrogen and oxygen atoms in total. The van der Waals surface area contributed by atoms with Crippen LogP contribution in [0.25, 0.3) is 0 Å². The molecule has 0 aliphatic carbocycles. The first-order chi connectivity index (χ1) is 7.54. The number of nitrogens with zero attached hydrogens (tertiary/aromatic N) is 1. The van der Waals surface area contributed by atoms with Crippen LogP contribution >= 0.6 is 0 Å². The van der Waals surface area contributed by atoms with Gasteiger partial charge in [-0.3, -0.25) is 9.10 Å². The molecule has 0 atom stereocenters. The number of thiol groups is 1. The lowest BCUT2D eigenvalue weighted by Crippen LogP contribution is -2.28. The zero-order valence-corrected chi connectivity index (χ0v) is 9.26. The highest BCUT2D eigenvalue weighted by Crippen LogP contribution is 2.15. The molecule has 7 heteroatoms. The van der Waals surface area contributed by atoms with Gasteiger partial charge in [-0.1, -0.05) is 19.6 Å². The molecular formula is C10H16N2O4S. The number of carbonyl (C=O) groups is 1. The number of anilines is 1. The number of carboxylic acid groups (broad SMARTS) is 1. The van der Waals surface area contributed by atoms with E-state index < -0.39 is 23.4 Å². The first-order valence-corrected chi connectivity index (χ1v) is 5.60. The highest BCUT2D eigenvalue weighted by molar-refractivity contribution is 7.74. The Kier molecular flexibility index (Phi) is 6.22. The van der Waals surface area contributed by atoms with Crippen molar-refractivity contribution in [2.75, 3.05) is 10.8 Å². The van der Waals surface area contributed by atoms with Crippen molar-refractivity contribution < 1.29 is 18.3 Å². The molecule has 0 aliphatic rings. The summed E-state index contributed by atoms with van der Waals surface area (Å²) in [6.45, 7) is -0.322. The number of rotatable bonds is 5. The van der Waals surface area contributed by atoms with E-state index in [2.05, 4.69) is 0 Å². The maximum Gasteiger partial charge on any atom is 0.324 e. The van der Waals surface area contributed by atoms with Gasteiger partial charge in [0.2, 0.25) is 10.9 Å². The van der Waals surface area contributed by atoms with Crippen LogP contribution in [0.2, 0.25) is 0 Å². The van der Waals surface area contributed by atoms with Gasteiger partial charge in [0.05, 0.1) is 5.69 Å². The van der Waals surface area contributed by atoms with Gasteiger partial charge in [0.1, 0.15) is 6.54 Å². The largest absolute Gasteiger partial charge is 0.480 e. The van der Waals surface area contributed by atoms with Gasteiger partial charge in [-0.15, -0.1) is 0 Å². The summed E-state index contributed by atoms with van der Waals surface area (Å²) in [5.41, 5.74) is 6.46. The Balaban J connectivity index is 0.00000256. The predicted octanol–water partition coefficient (Wildman–Crippen LogP) is 0.199. The van der Waals surface area contributed by atoms with Crippen LogP contribution in [0.5, 0.6) is 0 Å². The molecule has 3 N–H and O–H groups in total. The average molecular weight is 260 g/mol. The molecule has 0 unspecified atom stereocenters. The molecule has 0 saturated carbocycles. The molecule has 0 fully saturated rings. The highest BCUT2D eigenvalue weighted by atomic mass is 32.2. The molecule has 0 amide bonds. The fourth-order valence-corrected chi connectivity index (χ4v) is 1.76. The van der Waals surface area contributed by atoms with Gasteiger partial charge in [-0.2, -0.15) is 0 Å². The molecule has 0 radical (unpaired) electrons. The molecule has 1 rings (SSSR count). The van der Waals surface area contributed by atoms with Crippen LogP contribution in [-0.2, 0) is 22.2 Å². The number of carboxylic acids is 1. The van der Waals surface area contributed by atoms with Crippen LogP contribution in [0.1, 0.15) is 13.0 Å². The van der Waals surface area contributed by atoms with Crippen molar-refractivity contribution in [2.24, 2.45) is 5.73 Å². The minimum Gasteiger partial charge on any atom is -0.480 e. The first-order valence-electron chi connectivity index (χ1n) is 4.47. The van der Waals surface area contributed by atoms with Crippen LogP contribution in [0.15, 0.2) is 24.3 Å². The van der Waals surface area contributed by atoms with Crippen LogP contribution in [0.3, 0.4) is 0 Å². The van der Waals surface area contributed by atoms with E-state index in [0.29, 0.717) is 5.69 Å². The second-order valence-electron chi connectivity index (χ2n) is 3.06. The van der Waals surface area contributed by atoms with Gasteiger partial charge < -0.3 is 10.8 Å². The Labute approximate surface area is 102 Å². The second-order valence-corrected chi connectivity index (χ2v) is 4.02. The van der Waals surface area contributed by atoms with Crippen LogP contribution in [-0.4, -0.2) is 26.0 Å². The summed E-state index contributed by atoms with van der Waals surface area (Å²) in [7, 11) is -2.98. The van der Waals surface area contributed by atoms with Gasteiger partial charge in [-0.05, 0) is 17.7 Å². The molecule has 0 aliphatic heterocycles. The summed E-state index contributed by atoms with van der Waals surface area (Å²) >= 11 is 0. The molecule has 0 bridgehead atoms. The number of hydrogen-bond acceptors (Lipinski definition) is 4. The summed E-state index contributed by atoms with van der Waals surface area (Å²) < 4.78 is 22.6. The van der Waals surface area contributed by atoms with Crippen molar-refractivity contribution in [3.05, 3.63) is 29.8 Å². The lowest BCUT2D eigenvalue weighted by molar-refractivity contribution is -0.135. The van der Waals surface area contributed by atoms with Crippen molar-refractivity contribution in [3.8, 4) is 0 Å². The lowest BCUT2D eigenvalue weighted by atomic mass is 10.2. The molecule has 96 valence electrons. The Morgan fingerprint density at radius 3 is 2.53 bits per heavy atom. The van der Waals surface area contributed by atoms with Crippen molar-refractivity contribution in [2.45, 2.75) is 14.0 Å². The molecular weight excluding hydrogens is 244 g/mol. The van der Waals surface area contributed by atoms with E-state index in [1.807, 2.05) is 0 Å². The molecule has 0 heterocycles. The molecule has 1 aromatic carbocycles. The summed E-state index contributed by atoms with van der Waals surface area (Å²) in [5, 5.41) is 8.59. The van der Waals surface area contributed by atoms with E-state index in [4.69, 9.17) is 10.8 Å². The standard InChI is InChI=1S/C9H12N2O4S.CH4/c10-5-7-2-1-3-8(4-7)11(16(14)15)6-9(12)13;/h1-4,16H,5-6,10H2,(H,12,13);1H4. The third-order valence-corrected chi connectivity index (χ3v) is 2.69. The minimum absolute atomic E-state index is 0. The third-order valence-electron chi connectivity index (χ3n) is 1.93. The molecule has 0 spiro atoms. The minimum atomic E-state index is -2.98. The van der Waals surface area contributed by atoms with E-state index in [9.17, 15) is 13.2 Å². The maximum absolute atomic E-state index is 10.9. The summed E-state index contributed by atoms with van der Waals surface area (Å²) in [4.78, 5) is 10.5. The number of benzene rings is 1. The van der Waals surface area contributed by atoms with Crippen LogP contribution in [0.4, 0.5) is 5.69 Å². The van der Waals surface area contributed by atoms with Gasteiger partial charge >= 0.3 is 5.97 Å². The molecule has 0 aromatic heterocycles. The number of aliphatic carboxylic acids is 1. The topological polar surface area (TPSA) is 101 Å². The number of nitrogens with two attached hydrogens (primary N) is 1. The molecule has 17 heavy (non-hydrogen) atoms. The van der Waals surface area contributed by atoms with Gasteiger partial charge in [0, 0.05) is 6.54 Å². The monoisotopic (exact) mass is 260 g/mol. The fraction of sp³-hybridized carbons (Fsp3) is 0.300. The van der Waals surface area contributed by atoms with Crippen LogP contribution in [0, 0.1) is 0 Å². The van der Waals surface area contributed by atoms with E-state index >= 15 is 0 Å². The zero-order valence-electron chi connectivity index (χ0n) is 8.37. The Hall–Kier alpha value is -1.60. The quantitative estimate of drug-likeness (QED) is 0.656.